The number of fused-ring (bicyclic) bond motifs is 1. The number of hydrogen-bond donors (Lipinski definition) is 2. The van der Waals surface area contributed by atoms with E-state index in [1.165, 1.54) is 49.1 Å². The summed E-state index contributed by atoms with van der Waals surface area (Å²) in [6.07, 6.45) is 2.87. The molecule has 32 heavy (non-hydrogen) atoms. The van der Waals surface area contributed by atoms with E-state index in [1.54, 1.807) is 0 Å². The lowest BCUT2D eigenvalue weighted by atomic mass is 10.2. The van der Waals surface area contributed by atoms with Gasteiger partial charge in [-0.1, -0.05) is 11.6 Å². The minimum absolute atomic E-state index is 0.0657. The lowest BCUT2D eigenvalue weighted by Crippen LogP contribution is -2.34. The predicted octanol–water partition coefficient (Wildman–Crippen LogP) is 2.31. The number of anilines is 1. The second-order valence-electron chi connectivity index (χ2n) is 6.52. The number of pyridine rings is 1. The van der Waals surface area contributed by atoms with Crippen LogP contribution in [0, 0.1) is 0 Å². The maximum atomic E-state index is 13.1. The van der Waals surface area contributed by atoms with E-state index in [-0.39, 0.29) is 31.4 Å². The molecule has 13 heteroatoms. The molecule has 164 valence electrons. The van der Waals surface area contributed by atoms with E-state index in [0.717, 1.165) is 21.7 Å². The molecular weight excluding hydrogens is 480 g/mol. The maximum Gasteiger partial charge on any atom is 0.346 e. The molecule has 4 rings (SSSR count). The highest BCUT2D eigenvalue weighted by molar-refractivity contribution is 7.92. The highest BCUT2D eigenvalue weighted by atomic mass is 35.5. The van der Waals surface area contributed by atoms with Gasteiger partial charge in [-0.3, -0.25) is 14.1 Å². The molecule has 0 radical (unpaired) electrons. The molecule has 0 saturated carbocycles. The topological polar surface area (TPSA) is 142 Å². The molecule has 0 fully saturated rings. The smallest absolute Gasteiger partial charge is 0.346 e. The summed E-state index contributed by atoms with van der Waals surface area (Å²) in [5, 5.41) is 10.4. The summed E-state index contributed by atoms with van der Waals surface area (Å²) in [4.78, 5) is 43.0. The van der Waals surface area contributed by atoms with E-state index in [4.69, 9.17) is 11.6 Å². The first-order valence-corrected chi connectivity index (χ1v) is 11.5. The van der Waals surface area contributed by atoms with Crippen LogP contribution in [0.1, 0.15) is 9.67 Å². The molecule has 1 aromatic carbocycles. The summed E-state index contributed by atoms with van der Waals surface area (Å²) in [5.41, 5.74) is -1.61. The predicted molar refractivity (Wildman–Crippen MR) is 120 cm³/mol. The number of rotatable bonds is 5. The molecular formula is C19H13ClN4O6S2. The molecule has 0 aliphatic rings. The molecule has 0 aliphatic carbocycles. The second-order valence-corrected chi connectivity index (χ2v) is 9.78. The fourth-order valence-electron chi connectivity index (χ4n) is 3.09. The number of aromatic amines is 1. The summed E-state index contributed by atoms with van der Waals surface area (Å²) >= 11 is 6.99. The lowest BCUT2D eigenvalue weighted by molar-refractivity contribution is 0.0704. The Kier molecular flexibility index (Phi) is 5.36. The average molecular weight is 493 g/mol. The van der Waals surface area contributed by atoms with Crippen LogP contribution < -0.4 is 15.6 Å². The highest BCUT2D eigenvalue weighted by Crippen LogP contribution is 2.27. The number of H-pyrrole nitrogens is 1. The monoisotopic (exact) mass is 492 g/mol. The van der Waals surface area contributed by atoms with Crippen LogP contribution in [0.5, 0.6) is 0 Å². The van der Waals surface area contributed by atoms with E-state index in [2.05, 4.69) is 9.97 Å². The number of nitrogens with zero attached hydrogens (tertiary/aromatic N) is 3. The molecule has 3 aromatic heterocycles. The van der Waals surface area contributed by atoms with Crippen LogP contribution in [-0.4, -0.2) is 41.1 Å². The van der Waals surface area contributed by atoms with Gasteiger partial charge in [0.2, 0.25) is 0 Å². The van der Waals surface area contributed by atoms with Gasteiger partial charge in [0, 0.05) is 24.8 Å². The van der Waals surface area contributed by atoms with Gasteiger partial charge in [-0.2, -0.15) is 0 Å². The number of hydrogen-bond acceptors (Lipinski definition) is 7. The van der Waals surface area contributed by atoms with Gasteiger partial charge in [-0.05, 0) is 30.3 Å². The van der Waals surface area contributed by atoms with Crippen LogP contribution in [0.4, 0.5) is 5.69 Å². The van der Waals surface area contributed by atoms with Gasteiger partial charge in [0.15, 0.2) is 0 Å². The molecule has 3 heterocycles. The average Bonchev–Trinajstić information content (AvgIpc) is 3.19. The molecule has 0 amide bonds. The number of benzene rings is 1. The number of aromatic carboxylic acids is 1. The van der Waals surface area contributed by atoms with E-state index in [0.29, 0.717) is 10.3 Å². The Morgan fingerprint density at radius 1 is 1.22 bits per heavy atom. The number of aromatic nitrogens is 3. The van der Waals surface area contributed by atoms with Gasteiger partial charge in [-0.25, -0.2) is 22.6 Å². The van der Waals surface area contributed by atoms with Crippen molar-refractivity contribution in [3.8, 4) is 5.69 Å². The fourth-order valence-corrected chi connectivity index (χ4v) is 5.34. The Morgan fingerprint density at radius 2 is 1.91 bits per heavy atom. The van der Waals surface area contributed by atoms with Crippen LogP contribution in [0.3, 0.4) is 0 Å². The Bertz CT molecular complexity index is 1590. The summed E-state index contributed by atoms with van der Waals surface area (Å²) in [6.45, 7) is 0. The number of carboxylic acid groups (broad SMARTS) is 1. The van der Waals surface area contributed by atoms with E-state index < -0.39 is 27.2 Å². The van der Waals surface area contributed by atoms with Crippen molar-refractivity contribution in [1.29, 1.82) is 0 Å². The first kappa shape index (κ1) is 21.7. The third-order valence-corrected chi connectivity index (χ3v) is 7.76. The number of thiophene rings is 1. The molecule has 0 saturated heterocycles. The van der Waals surface area contributed by atoms with Gasteiger partial charge in [-0.15, -0.1) is 11.3 Å². The number of sulfonamides is 1. The Balaban J connectivity index is 1.94. The third kappa shape index (κ3) is 3.47. The minimum atomic E-state index is -4.09. The lowest BCUT2D eigenvalue weighted by Gasteiger charge is -2.20. The van der Waals surface area contributed by atoms with Crippen LogP contribution in [0.25, 0.3) is 16.6 Å². The van der Waals surface area contributed by atoms with E-state index in [9.17, 15) is 27.9 Å². The number of nitrogens with one attached hydrogen (secondary N) is 1. The fraction of sp³-hybridized carbons (Fsp3) is 0.0526. The van der Waals surface area contributed by atoms with E-state index in [1.807, 2.05) is 0 Å². The zero-order valence-electron chi connectivity index (χ0n) is 16.1. The van der Waals surface area contributed by atoms with Crippen molar-refractivity contribution >= 4 is 55.5 Å². The molecule has 0 bridgehead atoms. The van der Waals surface area contributed by atoms with Crippen LogP contribution in [0.15, 0.2) is 62.6 Å². The maximum absolute atomic E-state index is 13.1. The Labute approximate surface area is 189 Å². The molecule has 0 aliphatic heterocycles. The first-order chi connectivity index (χ1) is 15.1. The van der Waals surface area contributed by atoms with Crippen molar-refractivity contribution < 1.29 is 18.3 Å². The van der Waals surface area contributed by atoms with Gasteiger partial charge in [0.1, 0.15) is 4.88 Å². The molecule has 0 spiro atoms. The van der Waals surface area contributed by atoms with Crippen molar-refractivity contribution in [3.05, 3.63) is 78.8 Å². The summed E-state index contributed by atoms with van der Waals surface area (Å²) in [7, 11) is -2.75. The summed E-state index contributed by atoms with van der Waals surface area (Å²) < 4.78 is 27.9. The molecule has 2 N–H and O–H groups in total. The standard InChI is InChI=1S/C19H13ClN4O6S2/c1-23(10-4-6-21-7-5-10)32(29,30)11-2-3-12(20)14(8-11)24-17(25)15-13(22-19(24)28)9-31-16(15)18(26)27/h2-9H,1H3,(H,22,28)(H,26,27). The normalized spacial score (nSPS) is 11.6. The van der Waals surface area contributed by atoms with Crippen molar-refractivity contribution in [2.24, 2.45) is 0 Å². The van der Waals surface area contributed by atoms with Crippen molar-refractivity contribution in [2.75, 3.05) is 11.4 Å². The first-order valence-electron chi connectivity index (χ1n) is 8.81. The Morgan fingerprint density at radius 3 is 2.56 bits per heavy atom. The summed E-state index contributed by atoms with van der Waals surface area (Å²) in [6, 6.07) is 6.57. The molecule has 0 atom stereocenters. The minimum Gasteiger partial charge on any atom is -0.477 e. The van der Waals surface area contributed by atoms with Crippen LogP contribution in [0.2, 0.25) is 5.02 Å². The van der Waals surface area contributed by atoms with Crippen LogP contribution >= 0.6 is 22.9 Å². The zero-order valence-corrected chi connectivity index (χ0v) is 18.5. The van der Waals surface area contributed by atoms with Crippen molar-refractivity contribution in [3.63, 3.8) is 0 Å². The van der Waals surface area contributed by atoms with Gasteiger partial charge >= 0.3 is 11.7 Å². The quantitative estimate of drug-likeness (QED) is 0.435. The Hall–Kier alpha value is -3.48. The number of halogens is 1. The molecule has 0 unspecified atom stereocenters. The number of carbonyl (C=O) groups is 1. The SMILES string of the molecule is CN(c1ccncc1)S(=O)(=O)c1ccc(Cl)c(-n2c(=O)[nH]c3csc(C(=O)O)c3c2=O)c1. The second kappa shape index (κ2) is 7.89. The van der Waals surface area contributed by atoms with Gasteiger partial charge in [0.05, 0.1) is 32.2 Å². The van der Waals surface area contributed by atoms with Gasteiger partial charge < -0.3 is 10.1 Å². The molecule has 4 aromatic rings. The van der Waals surface area contributed by atoms with E-state index >= 15 is 0 Å². The summed E-state index contributed by atoms with van der Waals surface area (Å²) in [5.74, 6) is -1.33. The van der Waals surface area contributed by atoms with Gasteiger partial charge in [0.25, 0.3) is 15.6 Å². The third-order valence-electron chi connectivity index (χ3n) is 4.69. The molecule has 10 nitrogen and oxygen atoms in total. The van der Waals surface area contributed by atoms with Crippen LogP contribution in [-0.2, 0) is 10.0 Å². The highest BCUT2D eigenvalue weighted by Gasteiger charge is 2.25. The largest absolute Gasteiger partial charge is 0.477 e. The van der Waals surface area contributed by atoms with Crippen molar-refractivity contribution in [2.45, 2.75) is 4.90 Å². The number of carboxylic acids is 1. The zero-order chi connectivity index (χ0) is 23.2. The van der Waals surface area contributed by atoms with Crippen molar-refractivity contribution in [1.82, 2.24) is 14.5 Å².